The lowest BCUT2D eigenvalue weighted by Gasteiger charge is -2.21. The van der Waals surface area contributed by atoms with Crippen LogP contribution in [0.25, 0.3) is 0 Å². The molecule has 0 aliphatic heterocycles. The van der Waals surface area contributed by atoms with Crippen molar-refractivity contribution in [2.24, 2.45) is 0 Å². The van der Waals surface area contributed by atoms with E-state index in [-0.39, 0.29) is 40.8 Å². The normalized spacial score (nSPS) is 11.9. The molecule has 0 bridgehead atoms. The number of benzene rings is 2. The maximum absolute atomic E-state index is 13.7. The van der Waals surface area contributed by atoms with Crippen LogP contribution in [0, 0.1) is 12.7 Å². The molecular formula is C24H23ClFNO6. The van der Waals surface area contributed by atoms with Crippen molar-refractivity contribution in [3.05, 3.63) is 86.0 Å². The molecule has 174 valence electrons. The molecule has 0 fully saturated rings. The Balaban J connectivity index is 2.06. The van der Waals surface area contributed by atoms with E-state index in [1.807, 2.05) is 0 Å². The topological polar surface area (TPSA) is 109 Å². The second-order valence-electron chi connectivity index (χ2n) is 7.62. The summed E-state index contributed by atoms with van der Waals surface area (Å²) in [4.78, 5) is 25.5. The van der Waals surface area contributed by atoms with Crippen LogP contribution < -0.4 is 5.56 Å². The van der Waals surface area contributed by atoms with Crippen LogP contribution in [0.2, 0.25) is 5.02 Å². The first-order chi connectivity index (χ1) is 15.6. The molecule has 3 aromatic rings. The molecule has 1 heterocycles. The number of carbonyl (C=O) groups is 1. The van der Waals surface area contributed by atoms with Gasteiger partial charge < -0.3 is 24.6 Å². The van der Waals surface area contributed by atoms with E-state index in [0.29, 0.717) is 23.2 Å². The van der Waals surface area contributed by atoms with Gasteiger partial charge in [-0.3, -0.25) is 9.59 Å². The summed E-state index contributed by atoms with van der Waals surface area (Å²) in [6.07, 6.45) is 0.0823. The van der Waals surface area contributed by atoms with Gasteiger partial charge in [0.15, 0.2) is 11.5 Å². The molecule has 9 heteroatoms. The second-order valence-corrected chi connectivity index (χ2v) is 8.03. The average Bonchev–Trinajstić information content (AvgIpc) is 2.76. The van der Waals surface area contributed by atoms with Gasteiger partial charge in [0.1, 0.15) is 11.6 Å². The van der Waals surface area contributed by atoms with E-state index < -0.39 is 23.3 Å². The summed E-state index contributed by atoms with van der Waals surface area (Å²) in [6, 6.07) is 9.63. The first-order valence-corrected chi connectivity index (χ1v) is 10.5. The predicted octanol–water partition coefficient (Wildman–Crippen LogP) is 4.00. The monoisotopic (exact) mass is 475 g/mol. The summed E-state index contributed by atoms with van der Waals surface area (Å²) >= 11 is 5.92. The van der Waals surface area contributed by atoms with Crippen molar-refractivity contribution >= 4 is 17.6 Å². The highest BCUT2D eigenvalue weighted by Gasteiger charge is 2.27. The van der Waals surface area contributed by atoms with Crippen LogP contribution in [-0.2, 0) is 22.5 Å². The lowest BCUT2D eigenvalue weighted by atomic mass is 9.88. The Bertz CT molecular complexity index is 1260. The largest absolute Gasteiger partial charge is 0.507 e. The average molecular weight is 476 g/mol. The van der Waals surface area contributed by atoms with Gasteiger partial charge in [0.25, 0.3) is 5.56 Å². The van der Waals surface area contributed by atoms with Crippen molar-refractivity contribution in [3.8, 4) is 17.2 Å². The minimum Gasteiger partial charge on any atom is -0.507 e. The Labute approximate surface area is 194 Å². The highest BCUT2D eigenvalue weighted by Crippen LogP contribution is 2.34. The molecule has 3 N–H and O–H groups in total. The number of ether oxygens (including phenoxy) is 1. The van der Waals surface area contributed by atoms with E-state index in [0.717, 1.165) is 6.07 Å². The number of esters is 1. The molecule has 3 rings (SSSR count). The highest BCUT2D eigenvalue weighted by atomic mass is 35.5. The zero-order valence-corrected chi connectivity index (χ0v) is 18.8. The predicted molar refractivity (Wildman–Crippen MR) is 120 cm³/mol. The van der Waals surface area contributed by atoms with E-state index in [2.05, 4.69) is 0 Å². The number of methoxy groups -OCH3 is 1. The number of aryl methyl sites for hydroxylation is 2. The lowest BCUT2D eigenvalue weighted by molar-refractivity contribution is -0.140. The third-order valence-electron chi connectivity index (χ3n) is 5.48. The fourth-order valence-corrected chi connectivity index (χ4v) is 3.89. The number of carbonyl (C=O) groups excluding carboxylic acids is 1. The number of hydrogen-bond acceptors (Lipinski definition) is 6. The Kier molecular flexibility index (Phi) is 7.28. The Hall–Kier alpha value is -3.52. The molecule has 7 nitrogen and oxygen atoms in total. The lowest BCUT2D eigenvalue weighted by Crippen LogP contribution is -2.29. The minimum absolute atomic E-state index is 0.0396. The second kappa shape index (κ2) is 9.95. The van der Waals surface area contributed by atoms with Gasteiger partial charge in [0.05, 0.1) is 24.1 Å². The van der Waals surface area contributed by atoms with Crippen molar-refractivity contribution in [2.75, 3.05) is 7.11 Å². The van der Waals surface area contributed by atoms with E-state index in [1.165, 1.54) is 42.0 Å². The first kappa shape index (κ1) is 24.1. The van der Waals surface area contributed by atoms with Crippen LogP contribution in [0.1, 0.15) is 34.7 Å². The van der Waals surface area contributed by atoms with E-state index in [4.69, 9.17) is 16.3 Å². The number of halogens is 2. The molecule has 0 saturated carbocycles. The van der Waals surface area contributed by atoms with Crippen LogP contribution in [0.5, 0.6) is 17.2 Å². The fraction of sp³-hybridized carbons (Fsp3) is 0.250. The SMILES string of the molecule is COC(=O)C[C@H](c1ccc(F)c(Cl)c1)c1c(O)cc(C)n(CCc2ccc(O)c(O)c2)c1=O. The summed E-state index contributed by atoms with van der Waals surface area (Å²) in [5, 5.41) is 29.7. The summed E-state index contributed by atoms with van der Waals surface area (Å²) in [5.41, 5.74) is 0.978. The molecular weight excluding hydrogens is 453 g/mol. The molecule has 0 saturated heterocycles. The van der Waals surface area contributed by atoms with Crippen molar-refractivity contribution in [2.45, 2.75) is 32.2 Å². The number of nitrogens with zero attached hydrogens (tertiary/aromatic N) is 1. The van der Waals surface area contributed by atoms with Gasteiger partial charge in [-0.05, 0) is 54.8 Å². The maximum atomic E-state index is 13.7. The summed E-state index contributed by atoms with van der Waals surface area (Å²) in [5.74, 6) is -3.01. The molecule has 0 unspecified atom stereocenters. The first-order valence-electron chi connectivity index (χ1n) is 10.1. The number of hydrogen-bond donors (Lipinski definition) is 3. The Morgan fingerprint density at radius 3 is 2.45 bits per heavy atom. The van der Waals surface area contributed by atoms with Crippen molar-refractivity contribution < 1.29 is 29.2 Å². The maximum Gasteiger partial charge on any atom is 0.306 e. The van der Waals surface area contributed by atoms with Crippen LogP contribution >= 0.6 is 11.6 Å². The molecule has 0 spiro atoms. The fourth-order valence-electron chi connectivity index (χ4n) is 3.71. The van der Waals surface area contributed by atoms with E-state index in [9.17, 15) is 29.3 Å². The quantitative estimate of drug-likeness (QED) is 0.352. The van der Waals surface area contributed by atoms with Gasteiger partial charge in [-0.15, -0.1) is 0 Å². The molecule has 0 aliphatic carbocycles. The summed E-state index contributed by atoms with van der Waals surface area (Å²) < 4.78 is 19.9. The van der Waals surface area contributed by atoms with E-state index in [1.54, 1.807) is 13.0 Å². The zero-order valence-electron chi connectivity index (χ0n) is 18.0. The van der Waals surface area contributed by atoms with Crippen LogP contribution in [0.4, 0.5) is 4.39 Å². The third-order valence-corrected chi connectivity index (χ3v) is 5.77. The smallest absolute Gasteiger partial charge is 0.306 e. The Morgan fingerprint density at radius 1 is 1.09 bits per heavy atom. The molecule has 1 aromatic heterocycles. The summed E-state index contributed by atoms with van der Waals surface area (Å²) in [7, 11) is 1.21. The molecule has 0 radical (unpaired) electrons. The molecule has 2 aromatic carbocycles. The summed E-state index contributed by atoms with van der Waals surface area (Å²) in [6.45, 7) is 1.86. The van der Waals surface area contributed by atoms with Crippen LogP contribution in [-0.4, -0.2) is 33.0 Å². The van der Waals surface area contributed by atoms with Crippen molar-refractivity contribution in [1.82, 2.24) is 4.57 Å². The van der Waals surface area contributed by atoms with Crippen molar-refractivity contribution in [1.29, 1.82) is 0 Å². The number of phenolic OH excluding ortho intramolecular Hbond substituents is 2. The number of aromatic hydroxyl groups is 3. The molecule has 0 aliphatic rings. The van der Waals surface area contributed by atoms with Gasteiger partial charge in [-0.2, -0.15) is 0 Å². The number of phenols is 2. The Morgan fingerprint density at radius 2 is 1.82 bits per heavy atom. The highest BCUT2D eigenvalue weighted by molar-refractivity contribution is 6.30. The van der Waals surface area contributed by atoms with E-state index >= 15 is 0 Å². The molecule has 33 heavy (non-hydrogen) atoms. The molecule has 0 amide bonds. The molecule has 1 atom stereocenters. The number of aromatic nitrogens is 1. The van der Waals surface area contributed by atoms with Gasteiger partial charge in [0.2, 0.25) is 0 Å². The zero-order chi connectivity index (χ0) is 24.3. The van der Waals surface area contributed by atoms with Crippen LogP contribution in [0.15, 0.2) is 47.3 Å². The minimum atomic E-state index is -0.924. The van der Waals surface area contributed by atoms with Gasteiger partial charge in [-0.25, -0.2) is 4.39 Å². The number of pyridine rings is 1. The standard InChI is InChI=1S/C24H23ClFNO6/c1-13-9-21(30)23(16(12-22(31)33-2)15-4-5-18(26)17(25)11-15)24(32)27(13)8-7-14-3-6-19(28)20(29)10-14/h3-6,9-11,16,28-30H,7-8,12H2,1-2H3/t16-/m1/s1. The number of rotatable bonds is 7. The van der Waals surface area contributed by atoms with Crippen molar-refractivity contribution in [3.63, 3.8) is 0 Å². The van der Waals surface area contributed by atoms with Gasteiger partial charge in [-0.1, -0.05) is 23.7 Å². The van der Waals surface area contributed by atoms with Crippen LogP contribution in [0.3, 0.4) is 0 Å². The van der Waals surface area contributed by atoms with Gasteiger partial charge in [0, 0.05) is 18.2 Å². The third kappa shape index (κ3) is 5.28. The van der Waals surface area contributed by atoms with Gasteiger partial charge >= 0.3 is 5.97 Å².